The number of hydrogen-bond donors (Lipinski definition) is 1. The molecule has 0 bridgehead atoms. The summed E-state index contributed by atoms with van der Waals surface area (Å²) in [5.41, 5.74) is 0.782. The molecule has 8 atom stereocenters. The van der Waals surface area contributed by atoms with Crippen molar-refractivity contribution in [3.05, 3.63) is 0 Å². The molecule has 0 aromatic rings. The van der Waals surface area contributed by atoms with Gasteiger partial charge in [0.05, 0.1) is 6.10 Å². The second kappa shape index (κ2) is 5.31. The van der Waals surface area contributed by atoms with E-state index in [1.807, 2.05) is 6.92 Å². The SMILES string of the molecule is CC(O)[C@H]1CC[C@H]2[C@@H]3CC[C@H]4CC(=O)CC[C@]4(C)C3CC[C@]12C. The fourth-order valence-electron chi connectivity index (χ4n) is 7.88. The second-order valence-corrected chi connectivity index (χ2v) is 9.87. The molecule has 0 radical (unpaired) electrons. The first-order chi connectivity index (χ1) is 10.9. The summed E-state index contributed by atoms with van der Waals surface area (Å²) < 4.78 is 0. The predicted molar refractivity (Wildman–Crippen MR) is 91.9 cm³/mol. The molecule has 2 nitrogen and oxygen atoms in total. The highest BCUT2D eigenvalue weighted by Crippen LogP contribution is 2.67. The highest BCUT2D eigenvalue weighted by molar-refractivity contribution is 5.79. The van der Waals surface area contributed by atoms with Gasteiger partial charge >= 0.3 is 0 Å². The molecule has 0 aliphatic heterocycles. The molecule has 4 saturated carbocycles. The van der Waals surface area contributed by atoms with E-state index in [-0.39, 0.29) is 6.10 Å². The number of aliphatic hydroxyl groups excluding tert-OH is 1. The maximum Gasteiger partial charge on any atom is 0.133 e. The fourth-order valence-corrected chi connectivity index (χ4v) is 7.88. The standard InChI is InChI=1S/C21H34O2/c1-13(22)17-6-7-18-16-5-4-14-12-15(23)8-10-20(14,2)19(16)9-11-21(17,18)3/h13-14,16-19,22H,4-12H2,1-3H3/t13?,14-,16-,17+,18-,19?,20-,21+/m0/s1. The fraction of sp³-hybridized carbons (Fsp3) is 0.952. The van der Waals surface area contributed by atoms with E-state index in [0.717, 1.165) is 37.0 Å². The van der Waals surface area contributed by atoms with Crippen LogP contribution in [0.25, 0.3) is 0 Å². The first-order valence-electron chi connectivity index (χ1n) is 10.1. The smallest absolute Gasteiger partial charge is 0.133 e. The summed E-state index contributed by atoms with van der Waals surface area (Å²) in [6.45, 7) is 7.01. The van der Waals surface area contributed by atoms with Crippen molar-refractivity contribution in [2.75, 3.05) is 0 Å². The highest BCUT2D eigenvalue weighted by Gasteiger charge is 2.60. The Bertz CT molecular complexity index is 498. The molecule has 0 aromatic carbocycles. The normalized spacial score (nSPS) is 54.1. The lowest BCUT2D eigenvalue weighted by Crippen LogP contribution is -2.54. The Morgan fingerprint density at radius 2 is 1.74 bits per heavy atom. The quantitative estimate of drug-likeness (QED) is 0.767. The van der Waals surface area contributed by atoms with Crippen LogP contribution >= 0.6 is 0 Å². The second-order valence-electron chi connectivity index (χ2n) is 9.87. The monoisotopic (exact) mass is 318 g/mol. The molecule has 0 amide bonds. The van der Waals surface area contributed by atoms with Crippen LogP contribution < -0.4 is 0 Å². The maximum absolute atomic E-state index is 11.9. The number of aliphatic hydroxyl groups is 1. The molecule has 4 fully saturated rings. The summed E-state index contributed by atoms with van der Waals surface area (Å²) in [5, 5.41) is 10.3. The molecule has 130 valence electrons. The van der Waals surface area contributed by atoms with Crippen molar-refractivity contribution in [2.24, 2.45) is 40.4 Å². The van der Waals surface area contributed by atoms with E-state index in [9.17, 15) is 9.90 Å². The Morgan fingerprint density at radius 3 is 2.48 bits per heavy atom. The predicted octanol–water partition coefficient (Wildman–Crippen LogP) is 4.60. The molecule has 0 spiro atoms. The molecule has 0 saturated heterocycles. The Kier molecular flexibility index (Phi) is 3.72. The van der Waals surface area contributed by atoms with Gasteiger partial charge in [-0.15, -0.1) is 0 Å². The van der Waals surface area contributed by atoms with Gasteiger partial charge in [-0.25, -0.2) is 0 Å². The number of fused-ring (bicyclic) bond motifs is 5. The minimum Gasteiger partial charge on any atom is -0.393 e. The first-order valence-corrected chi connectivity index (χ1v) is 10.1. The van der Waals surface area contributed by atoms with Gasteiger partial charge in [-0.3, -0.25) is 4.79 Å². The van der Waals surface area contributed by atoms with Gasteiger partial charge in [0.2, 0.25) is 0 Å². The van der Waals surface area contributed by atoms with E-state index >= 15 is 0 Å². The molecule has 2 unspecified atom stereocenters. The van der Waals surface area contributed by atoms with Gasteiger partial charge in [-0.2, -0.15) is 0 Å². The van der Waals surface area contributed by atoms with Crippen LogP contribution in [-0.2, 0) is 4.79 Å². The van der Waals surface area contributed by atoms with Gasteiger partial charge in [0, 0.05) is 12.8 Å². The third kappa shape index (κ3) is 2.19. The minimum absolute atomic E-state index is 0.152. The van der Waals surface area contributed by atoms with Gasteiger partial charge in [0.25, 0.3) is 0 Å². The summed E-state index contributed by atoms with van der Waals surface area (Å²) in [4.78, 5) is 11.9. The van der Waals surface area contributed by atoms with Crippen LogP contribution in [-0.4, -0.2) is 17.0 Å². The molecule has 4 aliphatic rings. The van der Waals surface area contributed by atoms with Crippen LogP contribution in [0.1, 0.15) is 78.6 Å². The van der Waals surface area contributed by atoms with Gasteiger partial charge < -0.3 is 5.11 Å². The van der Waals surface area contributed by atoms with Crippen molar-refractivity contribution in [1.29, 1.82) is 0 Å². The molecule has 2 heteroatoms. The lowest BCUT2D eigenvalue weighted by atomic mass is 9.44. The van der Waals surface area contributed by atoms with E-state index < -0.39 is 0 Å². The van der Waals surface area contributed by atoms with Crippen LogP contribution in [0.5, 0.6) is 0 Å². The minimum atomic E-state index is -0.152. The van der Waals surface area contributed by atoms with E-state index in [1.54, 1.807) is 0 Å². The van der Waals surface area contributed by atoms with Gasteiger partial charge in [0.1, 0.15) is 5.78 Å². The average molecular weight is 319 g/mol. The third-order valence-corrected chi connectivity index (χ3v) is 9.14. The summed E-state index contributed by atoms with van der Waals surface area (Å²) in [5.74, 6) is 4.18. The summed E-state index contributed by atoms with van der Waals surface area (Å²) in [6.07, 6.45) is 10.5. The largest absolute Gasteiger partial charge is 0.393 e. The van der Waals surface area contributed by atoms with E-state index in [4.69, 9.17) is 0 Å². The molecule has 4 rings (SSSR count). The third-order valence-electron chi connectivity index (χ3n) is 9.14. The molecular formula is C21H34O2. The molecule has 1 N–H and O–H groups in total. The molecule has 0 heterocycles. The Balaban J connectivity index is 1.61. The topological polar surface area (TPSA) is 37.3 Å². The van der Waals surface area contributed by atoms with Gasteiger partial charge in [0.15, 0.2) is 0 Å². The van der Waals surface area contributed by atoms with Gasteiger partial charge in [-0.05, 0) is 92.3 Å². The van der Waals surface area contributed by atoms with Crippen molar-refractivity contribution < 1.29 is 9.90 Å². The van der Waals surface area contributed by atoms with E-state index in [1.165, 1.54) is 38.5 Å². The maximum atomic E-state index is 11.9. The zero-order valence-electron chi connectivity index (χ0n) is 15.2. The van der Waals surface area contributed by atoms with E-state index in [0.29, 0.717) is 28.4 Å². The lowest BCUT2D eigenvalue weighted by molar-refractivity contribution is -0.141. The first kappa shape index (κ1) is 16.1. The van der Waals surface area contributed by atoms with Crippen molar-refractivity contribution in [3.8, 4) is 0 Å². The zero-order chi connectivity index (χ0) is 16.4. The summed E-state index contributed by atoms with van der Waals surface area (Å²) in [7, 11) is 0. The Hall–Kier alpha value is -0.370. The number of carbonyl (C=O) groups excluding carboxylic acids is 1. The van der Waals surface area contributed by atoms with Crippen LogP contribution in [0, 0.1) is 40.4 Å². The van der Waals surface area contributed by atoms with E-state index in [2.05, 4.69) is 13.8 Å². The molecule has 0 aromatic heterocycles. The molecular weight excluding hydrogens is 284 g/mol. The van der Waals surface area contributed by atoms with Crippen LogP contribution in [0.3, 0.4) is 0 Å². The number of Topliss-reactive ketones (excluding diaryl/α,β-unsaturated/α-hetero) is 1. The Morgan fingerprint density at radius 1 is 1.00 bits per heavy atom. The highest BCUT2D eigenvalue weighted by atomic mass is 16.3. The number of ketones is 1. The number of hydrogen-bond acceptors (Lipinski definition) is 2. The van der Waals surface area contributed by atoms with Crippen LogP contribution in [0.15, 0.2) is 0 Å². The van der Waals surface area contributed by atoms with Gasteiger partial charge in [-0.1, -0.05) is 13.8 Å². The number of carbonyl (C=O) groups is 1. The Labute approximate surface area is 141 Å². The number of rotatable bonds is 1. The van der Waals surface area contributed by atoms with Crippen molar-refractivity contribution in [2.45, 2.75) is 84.7 Å². The lowest BCUT2D eigenvalue weighted by Gasteiger charge is -2.60. The van der Waals surface area contributed by atoms with Crippen LogP contribution in [0.4, 0.5) is 0 Å². The summed E-state index contributed by atoms with van der Waals surface area (Å²) in [6, 6.07) is 0. The van der Waals surface area contributed by atoms with Crippen molar-refractivity contribution in [1.82, 2.24) is 0 Å². The molecule has 23 heavy (non-hydrogen) atoms. The van der Waals surface area contributed by atoms with Crippen molar-refractivity contribution >= 4 is 5.78 Å². The van der Waals surface area contributed by atoms with Crippen molar-refractivity contribution in [3.63, 3.8) is 0 Å². The zero-order valence-corrected chi connectivity index (χ0v) is 15.2. The molecule has 4 aliphatic carbocycles. The summed E-state index contributed by atoms with van der Waals surface area (Å²) >= 11 is 0. The van der Waals surface area contributed by atoms with Crippen LogP contribution in [0.2, 0.25) is 0 Å². The average Bonchev–Trinajstić information content (AvgIpc) is 2.85.